The maximum absolute atomic E-state index is 13.5. The summed E-state index contributed by atoms with van der Waals surface area (Å²) in [5, 5.41) is 13.3. The van der Waals surface area contributed by atoms with E-state index in [9.17, 15) is 9.50 Å². The van der Waals surface area contributed by atoms with Crippen LogP contribution in [0.4, 0.5) is 10.1 Å². The van der Waals surface area contributed by atoms with Crippen LogP contribution in [0.2, 0.25) is 0 Å². The second kappa shape index (κ2) is 5.75. The van der Waals surface area contributed by atoms with Gasteiger partial charge in [0, 0.05) is 30.9 Å². The van der Waals surface area contributed by atoms with E-state index in [0.29, 0.717) is 17.4 Å². The van der Waals surface area contributed by atoms with Gasteiger partial charge in [-0.3, -0.25) is 4.98 Å². The zero-order chi connectivity index (χ0) is 13.0. The van der Waals surface area contributed by atoms with Crippen LogP contribution in [-0.2, 0) is 4.74 Å². The van der Waals surface area contributed by atoms with E-state index < -0.39 is 6.10 Å². The van der Waals surface area contributed by atoms with Crippen LogP contribution in [0, 0.1) is 5.82 Å². The van der Waals surface area contributed by atoms with Crippen molar-refractivity contribution >= 4 is 16.6 Å². The summed E-state index contributed by atoms with van der Waals surface area (Å²) in [6.07, 6.45) is 0.933. The van der Waals surface area contributed by atoms with Gasteiger partial charge >= 0.3 is 0 Å². The predicted molar refractivity (Wildman–Crippen MR) is 68.1 cm³/mol. The monoisotopic (exact) mass is 250 g/mol. The average Bonchev–Trinajstić information content (AvgIpc) is 2.37. The minimum Gasteiger partial charge on any atom is -0.389 e. The molecule has 0 radical (unpaired) electrons. The van der Waals surface area contributed by atoms with E-state index in [1.54, 1.807) is 18.2 Å². The minimum atomic E-state index is -0.605. The standard InChI is InChI=1S/C13H15FN2O2/c1-18-8-9(17)7-16-12-5-6-15-13-10(12)3-2-4-11(13)14/h2-6,9,17H,7-8H2,1H3,(H,15,16)/t9-/m1/s1. The van der Waals surface area contributed by atoms with Gasteiger partial charge in [-0.25, -0.2) is 4.39 Å². The van der Waals surface area contributed by atoms with Crippen molar-refractivity contribution in [3.8, 4) is 0 Å². The number of ether oxygens (including phenoxy) is 1. The molecule has 2 N–H and O–H groups in total. The molecule has 1 aromatic heterocycles. The van der Waals surface area contributed by atoms with Crippen molar-refractivity contribution < 1.29 is 14.2 Å². The lowest BCUT2D eigenvalue weighted by molar-refractivity contribution is 0.0728. The number of halogens is 1. The molecule has 0 amide bonds. The molecule has 96 valence electrons. The summed E-state index contributed by atoms with van der Waals surface area (Å²) in [6, 6.07) is 6.55. The number of methoxy groups -OCH3 is 1. The van der Waals surface area contributed by atoms with Gasteiger partial charge in [-0.2, -0.15) is 0 Å². The molecule has 0 aliphatic carbocycles. The lowest BCUT2D eigenvalue weighted by Crippen LogP contribution is -2.24. The number of aliphatic hydroxyl groups excluding tert-OH is 1. The van der Waals surface area contributed by atoms with Crippen LogP contribution in [0.5, 0.6) is 0 Å². The molecular weight excluding hydrogens is 235 g/mol. The number of aromatic nitrogens is 1. The van der Waals surface area contributed by atoms with Gasteiger partial charge in [-0.05, 0) is 12.1 Å². The third-order valence-electron chi connectivity index (χ3n) is 2.61. The third-order valence-corrected chi connectivity index (χ3v) is 2.61. The number of nitrogens with zero attached hydrogens (tertiary/aromatic N) is 1. The van der Waals surface area contributed by atoms with Gasteiger partial charge in [-0.1, -0.05) is 12.1 Å². The van der Waals surface area contributed by atoms with Crippen LogP contribution in [0.15, 0.2) is 30.5 Å². The third kappa shape index (κ3) is 2.75. The Morgan fingerprint density at radius 1 is 1.44 bits per heavy atom. The Balaban J connectivity index is 2.21. The van der Waals surface area contributed by atoms with Crippen molar-refractivity contribution in [1.29, 1.82) is 0 Å². The summed E-state index contributed by atoms with van der Waals surface area (Å²) in [4.78, 5) is 4.00. The quantitative estimate of drug-likeness (QED) is 0.849. The molecule has 1 atom stereocenters. The zero-order valence-corrected chi connectivity index (χ0v) is 10.1. The molecule has 1 heterocycles. The molecule has 0 fully saturated rings. The van der Waals surface area contributed by atoms with Gasteiger partial charge in [0.05, 0.1) is 12.7 Å². The lowest BCUT2D eigenvalue weighted by Gasteiger charge is -2.13. The highest BCUT2D eigenvalue weighted by atomic mass is 19.1. The Hall–Kier alpha value is -1.72. The number of para-hydroxylation sites is 1. The SMILES string of the molecule is COC[C@H](O)CNc1ccnc2c(F)cccc12. The molecular formula is C13H15FN2O2. The molecule has 4 nitrogen and oxygen atoms in total. The first-order valence-corrected chi connectivity index (χ1v) is 5.66. The maximum atomic E-state index is 13.5. The normalized spacial score (nSPS) is 12.6. The van der Waals surface area contributed by atoms with Crippen LogP contribution in [0.3, 0.4) is 0 Å². The number of rotatable bonds is 5. The summed E-state index contributed by atoms with van der Waals surface area (Å²) in [5.74, 6) is -0.353. The number of hydrogen-bond acceptors (Lipinski definition) is 4. The Morgan fingerprint density at radius 2 is 2.28 bits per heavy atom. The number of benzene rings is 1. The van der Waals surface area contributed by atoms with E-state index in [-0.39, 0.29) is 12.4 Å². The number of pyridine rings is 1. The van der Waals surface area contributed by atoms with Crippen LogP contribution < -0.4 is 5.32 Å². The molecule has 0 unspecified atom stereocenters. The van der Waals surface area contributed by atoms with E-state index in [1.165, 1.54) is 19.4 Å². The Kier molecular flexibility index (Phi) is 4.07. The van der Waals surface area contributed by atoms with Gasteiger partial charge in [0.2, 0.25) is 0 Å². The number of anilines is 1. The summed E-state index contributed by atoms with van der Waals surface area (Å²) in [6.45, 7) is 0.591. The average molecular weight is 250 g/mol. The number of hydrogen-bond donors (Lipinski definition) is 2. The second-order valence-electron chi connectivity index (χ2n) is 3.98. The fourth-order valence-corrected chi connectivity index (χ4v) is 1.77. The molecule has 0 saturated heterocycles. The molecule has 5 heteroatoms. The first-order valence-electron chi connectivity index (χ1n) is 5.66. The van der Waals surface area contributed by atoms with E-state index in [2.05, 4.69) is 10.3 Å². The van der Waals surface area contributed by atoms with Crippen LogP contribution in [-0.4, -0.2) is 36.5 Å². The van der Waals surface area contributed by atoms with Gasteiger partial charge in [0.15, 0.2) is 0 Å². The molecule has 0 saturated carbocycles. The fraction of sp³-hybridized carbons (Fsp3) is 0.308. The molecule has 0 bridgehead atoms. The largest absolute Gasteiger partial charge is 0.389 e. The van der Waals surface area contributed by atoms with Crippen molar-refractivity contribution in [2.24, 2.45) is 0 Å². The Bertz CT molecular complexity index is 533. The van der Waals surface area contributed by atoms with Crippen LogP contribution >= 0.6 is 0 Å². The topological polar surface area (TPSA) is 54.4 Å². The van der Waals surface area contributed by atoms with Crippen LogP contribution in [0.25, 0.3) is 10.9 Å². The predicted octanol–water partition coefficient (Wildman–Crippen LogP) is 1.79. The van der Waals surface area contributed by atoms with Gasteiger partial charge < -0.3 is 15.2 Å². The molecule has 2 rings (SSSR count). The Morgan fingerprint density at radius 3 is 3.06 bits per heavy atom. The molecule has 2 aromatic rings. The highest BCUT2D eigenvalue weighted by molar-refractivity contribution is 5.91. The van der Waals surface area contributed by atoms with Crippen molar-refractivity contribution in [1.82, 2.24) is 4.98 Å². The number of aliphatic hydroxyl groups is 1. The van der Waals surface area contributed by atoms with Gasteiger partial charge in [0.1, 0.15) is 11.3 Å². The van der Waals surface area contributed by atoms with Crippen molar-refractivity contribution in [2.45, 2.75) is 6.10 Å². The van der Waals surface area contributed by atoms with E-state index >= 15 is 0 Å². The number of fused-ring (bicyclic) bond motifs is 1. The molecule has 0 aliphatic rings. The van der Waals surface area contributed by atoms with Crippen molar-refractivity contribution in [3.63, 3.8) is 0 Å². The highest BCUT2D eigenvalue weighted by Gasteiger charge is 2.07. The summed E-state index contributed by atoms with van der Waals surface area (Å²) in [7, 11) is 1.53. The van der Waals surface area contributed by atoms with Gasteiger partial charge in [0.25, 0.3) is 0 Å². The second-order valence-corrected chi connectivity index (χ2v) is 3.98. The molecule has 18 heavy (non-hydrogen) atoms. The van der Waals surface area contributed by atoms with E-state index in [0.717, 1.165) is 5.69 Å². The summed E-state index contributed by atoms with van der Waals surface area (Å²) >= 11 is 0. The fourth-order valence-electron chi connectivity index (χ4n) is 1.77. The smallest absolute Gasteiger partial charge is 0.149 e. The van der Waals surface area contributed by atoms with Gasteiger partial charge in [-0.15, -0.1) is 0 Å². The maximum Gasteiger partial charge on any atom is 0.149 e. The first-order chi connectivity index (χ1) is 8.72. The molecule has 0 aliphatic heterocycles. The van der Waals surface area contributed by atoms with E-state index in [4.69, 9.17) is 4.74 Å². The summed E-state index contributed by atoms with van der Waals surface area (Å²) < 4.78 is 18.4. The zero-order valence-electron chi connectivity index (χ0n) is 10.1. The Labute approximate surface area is 104 Å². The first kappa shape index (κ1) is 12.7. The summed E-state index contributed by atoms with van der Waals surface area (Å²) in [5.41, 5.74) is 1.07. The lowest BCUT2D eigenvalue weighted by atomic mass is 10.2. The minimum absolute atomic E-state index is 0.254. The van der Waals surface area contributed by atoms with E-state index in [1.807, 2.05) is 0 Å². The van der Waals surface area contributed by atoms with Crippen molar-refractivity contribution in [2.75, 3.05) is 25.6 Å². The highest BCUT2D eigenvalue weighted by Crippen LogP contribution is 2.23. The molecule has 1 aromatic carbocycles. The van der Waals surface area contributed by atoms with Crippen molar-refractivity contribution in [3.05, 3.63) is 36.3 Å². The molecule has 0 spiro atoms. The van der Waals surface area contributed by atoms with Crippen LogP contribution in [0.1, 0.15) is 0 Å². The number of nitrogens with one attached hydrogen (secondary N) is 1.